The summed E-state index contributed by atoms with van der Waals surface area (Å²) in [5, 5.41) is 13.4. The Morgan fingerprint density at radius 2 is 1.80 bits per heavy atom. The maximum absolute atomic E-state index is 12.2. The second-order valence-corrected chi connectivity index (χ2v) is 6.05. The zero-order chi connectivity index (χ0) is 14.4. The number of hydrogen-bond donors (Lipinski definition) is 2. The van der Waals surface area contributed by atoms with E-state index in [-0.39, 0.29) is 18.4 Å². The first kappa shape index (κ1) is 15.0. The average Bonchev–Trinajstić information content (AvgIpc) is 2.75. The van der Waals surface area contributed by atoms with Crippen LogP contribution in [0.3, 0.4) is 0 Å². The molecule has 1 saturated carbocycles. The van der Waals surface area contributed by atoms with Crippen molar-refractivity contribution in [1.82, 2.24) is 5.32 Å². The van der Waals surface area contributed by atoms with Crippen molar-refractivity contribution in [2.24, 2.45) is 5.92 Å². The molecule has 3 nitrogen and oxygen atoms in total. The fourth-order valence-corrected chi connectivity index (χ4v) is 2.84. The van der Waals surface area contributed by atoms with E-state index in [1.807, 2.05) is 30.3 Å². The summed E-state index contributed by atoms with van der Waals surface area (Å²) < 4.78 is 0. The Kier molecular flexibility index (Phi) is 5.18. The summed E-state index contributed by atoms with van der Waals surface area (Å²) in [4.78, 5) is 12.2. The molecule has 0 aliphatic heterocycles. The van der Waals surface area contributed by atoms with Crippen molar-refractivity contribution in [1.29, 1.82) is 0 Å². The molecule has 0 bridgehead atoms. The molecule has 1 aromatic carbocycles. The fourth-order valence-electron chi connectivity index (χ4n) is 2.84. The van der Waals surface area contributed by atoms with Crippen molar-refractivity contribution in [3.8, 4) is 0 Å². The lowest BCUT2D eigenvalue weighted by Gasteiger charge is -2.25. The highest BCUT2D eigenvalue weighted by Gasteiger charge is 2.26. The minimum Gasteiger partial charge on any atom is -0.384 e. The van der Waals surface area contributed by atoms with Gasteiger partial charge in [0.1, 0.15) is 5.60 Å². The van der Waals surface area contributed by atoms with Gasteiger partial charge in [0.2, 0.25) is 5.91 Å². The quantitative estimate of drug-likeness (QED) is 0.830. The van der Waals surface area contributed by atoms with Crippen molar-refractivity contribution in [2.75, 3.05) is 6.54 Å². The van der Waals surface area contributed by atoms with Gasteiger partial charge in [-0.2, -0.15) is 0 Å². The van der Waals surface area contributed by atoms with E-state index in [2.05, 4.69) is 5.32 Å². The highest BCUT2D eigenvalue weighted by molar-refractivity contribution is 5.78. The molecule has 1 atom stereocenters. The number of carbonyl (C=O) groups excluding carboxylic acids is 1. The van der Waals surface area contributed by atoms with Crippen LogP contribution in [-0.2, 0) is 10.4 Å². The zero-order valence-electron chi connectivity index (χ0n) is 12.3. The predicted molar refractivity (Wildman–Crippen MR) is 80.2 cm³/mol. The summed E-state index contributed by atoms with van der Waals surface area (Å²) in [5.74, 6) is 0.229. The minimum atomic E-state index is -1.01. The first-order valence-corrected chi connectivity index (χ1v) is 7.65. The van der Waals surface area contributed by atoms with E-state index in [4.69, 9.17) is 0 Å². The molecule has 1 amide bonds. The standard InChI is InChI=1S/C17H25NO2/c1-17(20,15-11-7-4-8-12-15)13-18-16(19)14-9-5-2-3-6-10-14/h4,7-8,11-12,14,20H,2-3,5-6,9-10,13H2,1H3,(H,18,19). The topological polar surface area (TPSA) is 49.3 Å². The summed E-state index contributed by atoms with van der Waals surface area (Å²) in [7, 11) is 0. The first-order valence-electron chi connectivity index (χ1n) is 7.65. The van der Waals surface area contributed by atoms with Crippen LogP contribution in [0.2, 0.25) is 0 Å². The SMILES string of the molecule is CC(O)(CNC(=O)C1CCCCCC1)c1ccccc1. The number of nitrogens with one attached hydrogen (secondary N) is 1. The molecule has 0 heterocycles. The van der Waals surface area contributed by atoms with E-state index in [1.54, 1.807) is 6.92 Å². The number of amides is 1. The molecule has 0 radical (unpaired) electrons. The third kappa shape index (κ3) is 4.07. The van der Waals surface area contributed by atoms with Gasteiger partial charge in [0.05, 0.1) is 6.54 Å². The van der Waals surface area contributed by atoms with Crippen LogP contribution in [0, 0.1) is 5.92 Å². The number of rotatable bonds is 4. The third-order valence-electron chi connectivity index (χ3n) is 4.23. The van der Waals surface area contributed by atoms with Crippen molar-refractivity contribution < 1.29 is 9.90 Å². The fraction of sp³-hybridized carbons (Fsp3) is 0.588. The maximum atomic E-state index is 12.2. The molecule has 0 aromatic heterocycles. The molecule has 1 fully saturated rings. The van der Waals surface area contributed by atoms with Crippen LogP contribution in [0.4, 0.5) is 0 Å². The number of aliphatic hydroxyl groups is 1. The number of hydrogen-bond acceptors (Lipinski definition) is 2. The summed E-state index contributed by atoms with van der Waals surface area (Å²) in [6.07, 6.45) is 6.75. The molecule has 0 spiro atoms. The Morgan fingerprint density at radius 3 is 2.40 bits per heavy atom. The van der Waals surface area contributed by atoms with Crippen molar-refractivity contribution in [3.05, 3.63) is 35.9 Å². The van der Waals surface area contributed by atoms with Gasteiger partial charge in [0.15, 0.2) is 0 Å². The monoisotopic (exact) mass is 275 g/mol. The van der Waals surface area contributed by atoms with E-state index in [0.29, 0.717) is 0 Å². The molecule has 1 unspecified atom stereocenters. The van der Waals surface area contributed by atoms with E-state index in [0.717, 1.165) is 31.2 Å². The van der Waals surface area contributed by atoms with Crippen LogP contribution in [0.15, 0.2) is 30.3 Å². The molecule has 1 aliphatic carbocycles. The summed E-state index contributed by atoms with van der Waals surface area (Å²) in [6, 6.07) is 9.49. The van der Waals surface area contributed by atoms with Gasteiger partial charge in [0, 0.05) is 5.92 Å². The normalized spacial score (nSPS) is 19.9. The first-order chi connectivity index (χ1) is 9.59. The highest BCUT2D eigenvalue weighted by atomic mass is 16.3. The Bertz CT molecular complexity index is 420. The van der Waals surface area contributed by atoms with Gasteiger partial charge in [0.25, 0.3) is 0 Å². The second-order valence-electron chi connectivity index (χ2n) is 6.05. The lowest BCUT2D eigenvalue weighted by molar-refractivity contribution is -0.126. The molecule has 0 saturated heterocycles. The molecule has 1 aliphatic rings. The van der Waals surface area contributed by atoms with Gasteiger partial charge in [-0.1, -0.05) is 56.0 Å². The molecule has 1 aromatic rings. The Morgan fingerprint density at radius 1 is 1.20 bits per heavy atom. The van der Waals surface area contributed by atoms with Crippen LogP contribution in [0.1, 0.15) is 51.0 Å². The molecule has 2 rings (SSSR count). The minimum absolute atomic E-state index is 0.100. The van der Waals surface area contributed by atoms with Crippen molar-refractivity contribution in [3.63, 3.8) is 0 Å². The number of carbonyl (C=O) groups is 1. The van der Waals surface area contributed by atoms with Crippen LogP contribution in [0.25, 0.3) is 0 Å². The molecule has 110 valence electrons. The molecular weight excluding hydrogens is 250 g/mol. The van der Waals surface area contributed by atoms with Crippen LogP contribution >= 0.6 is 0 Å². The molecule has 2 N–H and O–H groups in total. The van der Waals surface area contributed by atoms with E-state index in [1.165, 1.54) is 12.8 Å². The lowest BCUT2D eigenvalue weighted by Crippen LogP contribution is -2.41. The molecule has 20 heavy (non-hydrogen) atoms. The van der Waals surface area contributed by atoms with Gasteiger partial charge in [-0.05, 0) is 25.3 Å². The van der Waals surface area contributed by atoms with Gasteiger partial charge in [-0.25, -0.2) is 0 Å². The van der Waals surface area contributed by atoms with Gasteiger partial charge < -0.3 is 10.4 Å². The van der Waals surface area contributed by atoms with E-state index in [9.17, 15) is 9.90 Å². The third-order valence-corrected chi connectivity index (χ3v) is 4.23. The zero-order valence-corrected chi connectivity index (χ0v) is 12.3. The summed E-state index contributed by atoms with van der Waals surface area (Å²) in [5.41, 5.74) is -0.178. The van der Waals surface area contributed by atoms with E-state index < -0.39 is 5.60 Å². The summed E-state index contributed by atoms with van der Waals surface area (Å²) in [6.45, 7) is 2.02. The van der Waals surface area contributed by atoms with Gasteiger partial charge in [-0.15, -0.1) is 0 Å². The Hall–Kier alpha value is -1.35. The van der Waals surface area contributed by atoms with Crippen LogP contribution in [-0.4, -0.2) is 17.6 Å². The highest BCUT2D eigenvalue weighted by Crippen LogP contribution is 2.24. The Labute approximate surface area is 121 Å². The van der Waals surface area contributed by atoms with Crippen molar-refractivity contribution in [2.45, 2.75) is 51.0 Å². The average molecular weight is 275 g/mol. The maximum Gasteiger partial charge on any atom is 0.223 e. The van der Waals surface area contributed by atoms with Crippen LogP contribution in [0.5, 0.6) is 0 Å². The molecule has 3 heteroatoms. The largest absolute Gasteiger partial charge is 0.384 e. The smallest absolute Gasteiger partial charge is 0.223 e. The van der Waals surface area contributed by atoms with Crippen molar-refractivity contribution >= 4 is 5.91 Å². The lowest BCUT2D eigenvalue weighted by atomic mass is 9.95. The van der Waals surface area contributed by atoms with Crippen LogP contribution < -0.4 is 5.32 Å². The van der Waals surface area contributed by atoms with E-state index >= 15 is 0 Å². The molecular formula is C17H25NO2. The summed E-state index contributed by atoms with van der Waals surface area (Å²) >= 11 is 0. The van der Waals surface area contributed by atoms with Gasteiger partial charge >= 0.3 is 0 Å². The second kappa shape index (κ2) is 6.89. The predicted octanol–water partition coefficient (Wildman–Crippen LogP) is 2.98. The van der Waals surface area contributed by atoms with Gasteiger partial charge in [-0.3, -0.25) is 4.79 Å². The Balaban J connectivity index is 1.89. The number of benzene rings is 1.